The fraction of sp³-hybridized carbons (Fsp3) is 0.684. The molecule has 3 nitrogen and oxygen atoms in total. The van der Waals surface area contributed by atoms with Gasteiger partial charge < -0.3 is 0 Å². The van der Waals surface area contributed by atoms with E-state index in [2.05, 4.69) is 36.8 Å². The van der Waals surface area contributed by atoms with E-state index in [1.165, 1.54) is 69.0 Å². The molecule has 0 radical (unpaired) electrons. The fourth-order valence-electron chi connectivity index (χ4n) is 3.63. The zero-order valence-corrected chi connectivity index (χ0v) is 16.2. The number of nitrogens with one attached hydrogen (secondary N) is 1. The summed E-state index contributed by atoms with van der Waals surface area (Å²) in [6, 6.07) is 4.04. The summed E-state index contributed by atoms with van der Waals surface area (Å²) in [5.41, 5.74) is 1.97. The molecule has 23 heavy (non-hydrogen) atoms. The van der Waals surface area contributed by atoms with E-state index in [9.17, 15) is 0 Å². The average Bonchev–Trinajstić information content (AvgIpc) is 2.98. The first-order chi connectivity index (χ1) is 11.2. The van der Waals surface area contributed by atoms with E-state index in [1.807, 2.05) is 12.3 Å². The molecule has 1 N–H and O–H groups in total. The van der Waals surface area contributed by atoms with Crippen molar-refractivity contribution in [3.8, 4) is 0 Å². The zero-order valence-electron chi connectivity index (χ0n) is 15.2. The van der Waals surface area contributed by atoms with Gasteiger partial charge in [0.2, 0.25) is 0 Å². The summed E-state index contributed by atoms with van der Waals surface area (Å²) in [7, 11) is -1.28. The van der Waals surface area contributed by atoms with Gasteiger partial charge in [-0.05, 0) is 0 Å². The second-order valence-electron chi connectivity index (χ2n) is 7.04. The predicted molar refractivity (Wildman–Crippen MR) is 105 cm³/mol. The van der Waals surface area contributed by atoms with Gasteiger partial charge in [-0.25, -0.2) is 0 Å². The zero-order chi connectivity index (χ0) is 16.5. The number of unbranched alkanes of at least 4 members (excludes halogenated alkanes) is 3. The van der Waals surface area contributed by atoms with Crippen LogP contribution in [-0.2, 0) is 6.16 Å². The third-order valence-electron chi connectivity index (χ3n) is 5.03. The Hall–Kier alpha value is -0.950. The normalized spacial score (nSPS) is 12.8. The van der Waals surface area contributed by atoms with Crippen molar-refractivity contribution < 1.29 is 0 Å². The van der Waals surface area contributed by atoms with E-state index in [4.69, 9.17) is 4.98 Å². The molecule has 0 atom stereocenters. The topological polar surface area (TPSA) is 41.6 Å². The molecule has 2 rings (SSSR count). The van der Waals surface area contributed by atoms with Gasteiger partial charge in [0.1, 0.15) is 0 Å². The molecular formula is C19H34N3P. The molecule has 130 valence electrons. The molecule has 0 fully saturated rings. The van der Waals surface area contributed by atoms with Crippen molar-refractivity contribution in [3.63, 3.8) is 0 Å². The van der Waals surface area contributed by atoms with Crippen LogP contribution < -0.4 is 0 Å². The summed E-state index contributed by atoms with van der Waals surface area (Å²) in [5, 5.41) is 0. The van der Waals surface area contributed by atoms with Crippen LogP contribution in [0.15, 0.2) is 18.3 Å². The first-order valence-electron chi connectivity index (χ1n) is 9.52. The van der Waals surface area contributed by atoms with Crippen LogP contribution in [-0.4, -0.2) is 33.4 Å². The molecule has 0 unspecified atom stereocenters. The van der Waals surface area contributed by atoms with E-state index in [-0.39, 0.29) is 0 Å². The number of nitrogens with zero attached hydrogens (tertiary/aromatic N) is 2. The van der Waals surface area contributed by atoms with Crippen LogP contribution >= 0.6 is 7.26 Å². The standard InChI is InChI=1S/C19H34N3P/c1-4-7-13-23(14-8-5-2,15-9-6-3)16-18-21-17-11-10-12-20-19(17)22-18/h10-12,23H,4-9,13-16H2,1-3H3,(H,20,21,22). The van der Waals surface area contributed by atoms with Gasteiger partial charge in [-0.15, -0.1) is 0 Å². The molecule has 0 aliphatic heterocycles. The van der Waals surface area contributed by atoms with Crippen LogP contribution in [0.3, 0.4) is 0 Å². The molecule has 0 amide bonds. The van der Waals surface area contributed by atoms with Crippen LogP contribution in [0.5, 0.6) is 0 Å². The molecule has 0 aliphatic rings. The van der Waals surface area contributed by atoms with Gasteiger partial charge in [0.05, 0.1) is 0 Å². The number of imidazole rings is 1. The van der Waals surface area contributed by atoms with Crippen molar-refractivity contribution in [2.75, 3.05) is 18.5 Å². The minimum absolute atomic E-state index is 0.951. The van der Waals surface area contributed by atoms with Crippen LogP contribution in [0.25, 0.3) is 11.2 Å². The molecule has 0 saturated heterocycles. The maximum absolute atomic E-state index is 4.84. The quantitative estimate of drug-likeness (QED) is 0.542. The summed E-state index contributed by atoms with van der Waals surface area (Å²) in [5.74, 6) is 1.19. The van der Waals surface area contributed by atoms with E-state index in [0.717, 1.165) is 11.2 Å². The first kappa shape index (κ1) is 18.4. The summed E-state index contributed by atoms with van der Waals surface area (Å²) in [6.07, 6.45) is 15.6. The van der Waals surface area contributed by atoms with Gasteiger partial charge in [-0.3, -0.25) is 0 Å². The van der Waals surface area contributed by atoms with E-state index >= 15 is 0 Å². The van der Waals surface area contributed by atoms with Crippen molar-refractivity contribution >= 4 is 18.4 Å². The van der Waals surface area contributed by atoms with Gasteiger partial charge in [0, 0.05) is 0 Å². The van der Waals surface area contributed by atoms with E-state index in [1.54, 1.807) is 0 Å². The monoisotopic (exact) mass is 335 g/mol. The number of hydrogen-bond acceptors (Lipinski definition) is 2. The Bertz CT molecular complexity index is 524. The predicted octanol–water partition coefficient (Wildman–Crippen LogP) is 5.61. The Kier molecular flexibility index (Phi) is 7.49. The van der Waals surface area contributed by atoms with Crippen LogP contribution in [0.4, 0.5) is 0 Å². The number of rotatable bonds is 11. The summed E-state index contributed by atoms with van der Waals surface area (Å²) in [4.78, 5) is 12.7. The molecule has 0 spiro atoms. The van der Waals surface area contributed by atoms with Crippen LogP contribution in [0, 0.1) is 0 Å². The molecule has 4 heteroatoms. The van der Waals surface area contributed by atoms with Gasteiger partial charge >= 0.3 is 141 Å². The van der Waals surface area contributed by atoms with E-state index < -0.39 is 7.26 Å². The van der Waals surface area contributed by atoms with Crippen LogP contribution in [0.1, 0.15) is 65.1 Å². The summed E-state index contributed by atoms with van der Waals surface area (Å²) >= 11 is 0. The van der Waals surface area contributed by atoms with Crippen molar-refractivity contribution in [3.05, 3.63) is 24.2 Å². The molecular weight excluding hydrogens is 301 g/mol. The fourth-order valence-corrected chi connectivity index (χ4v) is 9.10. The average molecular weight is 335 g/mol. The van der Waals surface area contributed by atoms with Gasteiger partial charge in [-0.2, -0.15) is 0 Å². The molecule has 2 aromatic heterocycles. The molecule has 0 aromatic carbocycles. The molecule has 2 heterocycles. The number of hydrogen-bond donors (Lipinski definition) is 1. The summed E-state index contributed by atoms with van der Waals surface area (Å²) < 4.78 is 0. The van der Waals surface area contributed by atoms with Crippen molar-refractivity contribution in [1.29, 1.82) is 0 Å². The van der Waals surface area contributed by atoms with E-state index in [0.29, 0.717) is 0 Å². The third kappa shape index (κ3) is 5.28. The minimum atomic E-state index is -1.28. The maximum atomic E-state index is 4.84. The van der Waals surface area contributed by atoms with Gasteiger partial charge in [0.25, 0.3) is 0 Å². The Morgan fingerprint density at radius 1 is 0.957 bits per heavy atom. The Balaban J connectivity index is 2.21. The molecule has 0 aliphatic carbocycles. The SMILES string of the molecule is CCCC[PH](CCCC)(CCCC)Cc1nc2cccnc2[nH]1. The molecule has 0 saturated carbocycles. The second-order valence-corrected chi connectivity index (χ2v) is 11.9. The van der Waals surface area contributed by atoms with Crippen LogP contribution in [0.2, 0.25) is 0 Å². The first-order valence-corrected chi connectivity index (χ1v) is 12.4. The van der Waals surface area contributed by atoms with Gasteiger partial charge in [-0.1, -0.05) is 0 Å². The number of aromatic amines is 1. The van der Waals surface area contributed by atoms with Crippen molar-refractivity contribution in [2.45, 2.75) is 65.5 Å². The van der Waals surface area contributed by atoms with Gasteiger partial charge in [0.15, 0.2) is 0 Å². The van der Waals surface area contributed by atoms with Crippen molar-refractivity contribution in [2.24, 2.45) is 0 Å². The number of pyridine rings is 1. The third-order valence-corrected chi connectivity index (χ3v) is 10.4. The second kappa shape index (κ2) is 9.37. The number of aromatic nitrogens is 3. The Morgan fingerprint density at radius 2 is 1.57 bits per heavy atom. The summed E-state index contributed by atoms with van der Waals surface area (Å²) in [6.45, 7) is 6.97. The Morgan fingerprint density at radius 3 is 2.09 bits per heavy atom. The molecule has 2 aromatic rings. The number of H-pyrrole nitrogens is 1. The number of fused-ring (bicyclic) bond motifs is 1. The van der Waals surface area contributed by atoms with Crippen molar-refractivity contribution in [1.82, 2.24) is 15.0 Å². The molecule has 0 bridgehead atoms. The Labute approximate surface area is 142 Å².